The van der Waals surface area contributed by atoms with Crippen molar-refractivity contribution in [1.29, 1.82) is 0 Å². The average Bonchev–Trinajstić information content (AvgIpc) is 3.79. The molecule has 1 saturated heterocycles. The normalized spacial score (nSPS) is 18.6. The second-order valence-corrected chi connectivity index (χ2v) is 13.5. The van der Waals surface area contributed by atoms with Crippen LogP contribution in [0.1, 0.15) is 43.2 Å². The fraction of sp³-hybridized carbons (Fsp3) is 0.333. The van der Waals surface area contributed by atoms with Gasteiger partial charge in [0.1, 0.15) is 29.9 Å². The van der Waals surface area contributed by atoms with Gasteiger partial charge < -0.3 is 28.7 Å². The summed E-state index contributed by atoms with van der Waals surface area (Å²) in [7, 11) is 0.465. The van der Waals surface area contributed by atoms with E-state index in [1.165, 1.54) is 10.9 Å². The fourth-order valence-electron chi connectivity index (χ4n) is 6.54. The molecular weight excluding hydrogens is 729 g/mol. The number of ether oxygens (including phenoxy) is 3. The number of hydrogen-bond acceptors (Lipinski definition) is 12. The SMILES string of the molecule is COc1ccc(C(c2ccccc2)(c2ccc(OC)cc2)C(O)[C@H]2O[C@@H](n3cnc4c(=O)[nH]c(NC(=O)C(C)C)nc43)C[C@@H]2OP(O)OOCCl)cc1. The van der Waals surface area contributed by atoms with Crippen LogP contribution in [0.3, 0.4) is 0 Å². The molecule has 1 aliphatic heterocycles. The second kappa shape index (κ2) is 16.7. The van der Waals surface area contributed by atoms with Crippen LogP contribution < -0.4 is 20.3 Å². The van der Waals surface area contributed by atoms with E-state index in [-0.39, 0.29) is 41.4 Å². The van der Waals surface area contributed by atoms with E-state index in [0.717, 1.165) is 0 Å². The summed E-state index contributed by atoms with van der Waals surface area (Å²) < 4.78 is 30.1. The Kier molecular flexibility index (Phi) is 12.1. The molecule has 1 fully saturated rings. The van der Waals surface area contributed by atoms with Crippen LogP contribution in [0, 0.1) is 5.92 Å². The Morgan fingerprint density at radius 2 is 1.64 bits per heavy atom. The van der Waals surface area contributed by atoms with Crippen molar-refractivity contribution in [2.24, 2.45) is 5.92 Å². The lowest BCUT2D eigenvalue weighted by Crippen LogP contribution is -2.51. The smallest absolute Gasteiger partial charge is 0.360 e. The Bertz CT molecular complexity index is 2000. The Morgan fingerprint density at radius 1 is 1.04 bits per heavy atom. The van der Waals surface area contributed by atoms with Crippen molar-refractivity contribution in [3.05, 3.63) is 112 Å². The molecule has 3 heterocycles. The van der Waals surface area contributed by atoms with Gasteiger partial charge in [-0.15, -0.1) is 0 Å². The number of imidazole rings is 1. The number of nitrogens with zero attached hydrogens (tertiary/aromatic N) is 3. The number of rotatable bonds is 15. The number of aliphatic hydroxyl groups is 1. The van der Waals surface area contributed by atoms with E-state index in [0.29, 0.717) is 28.2 Å². The zero-order valence-corrected chi connectivity index (χ0v) is 30.9. The van der Waals surface area contributed by atoms with Crippen LogP contribution >= 0.6 is 20.2 Å². The topological polar surface area (TPSA) is 189 Å². The Hall–Kier alpha value is -4.44. The highest BCUT2D eigenvalue weighted by atomic mass is 35.5. The van der Waals surface area contributed by atoms with Gasteiger partial charge in [0.15, 0.2) is 17.2 Å². The number of anilines is 1. The molecule has 0 saturated carbocycles. The van der Waals surface area contributed by atoms with E-state index in [9.17, 15) is 19.6 Å². The highest BCUT2D eigenvalue weighted by Gasteiger charge is 2.53. The number of halogens is 1. The van der Waals surface area contributed by atoms with Gasteiger partial charge in [-0.3, -0.25) is 24.5 Å². The number of amides is 1. The molecule has 6 rings (SSSR count). The first kappa shape index (κ1) is 38.3. The Morgan fingerprint density at radius 3 is 2.21 bits per heavy atom. The van der Waals surface area contributed by atoms with E-state index < -0.39 is 44.1 Å². The zero-order valence-electron chi connectivity index (χ0n) is 29.2. The van der Waals surface area contributed by atoms with Gasteiger partial charge in [-0.05, 0) is 41.0 Å². The number of nitrogens with one attached hydrogen (secondary N) is 2. The molecule has 4 N–H and O–H groups in total. The Labute approximate surface area is 310 Å². The predicted molar refractivity (Wildman–Crippen MR) is 195 cm³/mol. The molecular formula is C36H39ClN5O10P. The first-order valence-electron chi connectivity index (χ1n) is 16.6. The number of hydrogen-bond donors (Lipinski definition) is 4. The van der Waals surface area contributed by atoms with E-state index in [1.54, 1.807) is 52.3 Å². The molecule has 15 nitrogen and oxygen atoms in total. The van der Waals surface area contributed by atoms with E-state index in [2.05, 4.69) is 20.3 Å². The van der Waals surface area contributed by atoms with Crippen molar-refractivity contribution >= 4 is 43.2 Å². The van der Waals surface area contributed by atoms with E-state index in [4.69, 9.17) is 39.9 Å². The minimum atomic E-state index is -2.67. The maximum atomic E-state index is 13.0. The number of carbonyl (C=O) groups is 1. The lowest BCUT2D eigenvalue weighted by molar-refractivity contribution is -0.201. The summed E-state index contributed by atoms with van der Waals surface area (Å²) in [5.74, 6) is 0.423. The van der Waals surface area contributed by atoms with Gasteiger partial charge in [-0.1, -0.05) is 80.0 Å². The number of alkyl halides is 1. The summed E-state index contributed by atoms with van der Waals surface area (Å²) >= 11 is 5.61. The summed E-state index contributed by atoms with van der Waals surface area (Å²) in [5.41, 5.74) is 0.292. The molecule has 0 aliphatic carbocycles. The van der Waals surface area contributed by atoms with Crippen molar-refractivity contribution in [3.8, 4) is 11.5 Å². The highest BCUT2D eigenvalue weighted by Crippen LogP contribution is 2.50. The van der Waals surface area contributed by atoms with Crippen molar-refractivity contribution in [2.75, 3.05) is 25.6 Å². The number of aliphatic hydroxyl groups excluding tert-OH is 1. The third kappa shape index (κ3) is 7.79. The molecule has 0 spiro atoms. The van der Waals surface area contributed by atoms with Crippen LogP contribution in [0.4, 0.5) is 5.95 Å². The molecule has 2 aromatic heterocycles. The van der Waals surface area contributed by atoms with Gasteiger partial charge in [-0.2, -0.15) is 9.66 Å². The largest absolute Gasteiger partial charge is 0.497 e. The number of methoxy groups -OCH3 is 2. The predicted octanol–water partition coefficient (Wildman–Crippen LogP) is 5.16. The molecule has 53 heavy (non-hydrogen) atoms. The van der Waals surface area contributed by atoms with Crippen molar-refractivity contribution in [2.45, 2.75) is 50.2 Å². The summed E-state index contributed by atoms with van der Waals surface area (Å²) in [4.78, 5) is 52.3. The van der Waals surface area contributed by atoms with Gasteiger partial charge in [0.2, 0.25) is 11.9 Å². The first-order valence-corrected chi connectivity index (χ1v) is 18.2. The summed E-state index contributed by atoms with van der Waals surface area (Å²) in [6.07, 6.45) is -3.18. The fourth-order valence-corrected chi connectivity index (χ4v) is 7.26. The molecule has 280 valence electrons. The minimum Gasteiger partial charge on any atom is -0.497 e. The maximum absolute atomic E-state index is 13.0. The molecule has 2 unspecified atom stereocenters. The summed E-state index contributed by atoms with van der Waals surface area (Å²) in [6, 6.07) is 23.7. The first-order chi connectivity index (χ1) is 25.6. The third-order valence-electron chi connectivity index (χ3n) is 9.08. The lowest BCUT2D eigenvalue weighted by Gasteiger charge is -2.43. The lowest BCUT2D eigenvalue weighted by atomic mass is 9.64. The molecule has 0 bridgehead atoms. The van der Waals surface area contributed by atoms with Crippen molar-refractivity contribution in [3.63, 3.8) is 0 Å². The van der Waals surface area contributed by atoms with E-state index >= 15 is 0 Å². The maximum Gasteiger partial charge on any atom is 0.360 e. The molecule has 0 radical (unpaired) electrons. The number of carbonyl (C=O) groups excluding carboxylic acids is 1. The van der Waals surface area contributed by atoms with Crippen molar-refractivity contribution in [1.82, 2.24) is 19.5 Å². The minimum absolute atomic E-state index is 0.00373. The highest BCUT2D eigenvalue weighted by molar-refractivity contribution is 7.40. The number of aromatic nitrogens is 4. The van der Waals surface area contributed by atoms with Gasteiger partial charge in [0.05, 0.1) is 32.1 Å². The van der Waals surface area contributed by atoms with Gasteiger partial charge in [-0.25, -0.2) is 9.87 Å². The molecule has 17 heteroatoms. The number of H-pyrrole nitrogens is 1. The van der Waals surface area contributed by atoms with Crippen LogP contribution in [0.5, 0.6) is 11.5 Å². The molecule has 1 aliphatic rings. The molecule has 5 aromatic rings. The average molecular weight is 768 g/mol. The third-order valence-corrected chi connectivity index (χ3v) is 9.86. The molecule has 3 aromatic carbocycles. The second-order valence-electron chi connectivity index (χ2n) is 12.4. The molecule has 1 amide bonds. The number of aromatic amines is 1. The summed E-state index contributed by atoms with van der Waals surface area (Å²) in [6.45, 7) is 3.42. The summed E-state index contributed by atoms with van der Waals surface area (Å²) in [5, 5.41) is 15.6. The van der Waals surface area contributed by atoms with E-state index in [1.807, 2.05) is 54.6 Å². The standard InChI is InChI=1S/C36H39ClN5O10P/c1-21(2)33(44)40-35-39-32-29(34(45)41-35)38-20-42(32)28-18-27(51-53(46)52-49-19-37)30(50-28)31(43)36(22-8-6-5-7-9-22,23-10-14-25(47-3)15-11-23)24-12-16-26(48-4)17-13-24/h5-17,20-21,27-28,30-31,43,46H,18-19H2,1-4H3,(H2,39,40,41,44,45)/t27-,28+,30-,31?,53?/m0/s1. The van der Waals surface area contributed by atoms with Crippen LogP contribution in [0.2, 0.25) is 0 Å². The van der Waals surface area contributed by atoms with Crippen LogP contribution in [0.25, 0.3) is 11.2 Å². The van der Waals surface area contributed by atoms with Gasteiger partial charge in [0, 0.05) is 12.3 Å². The zero-order chi connectivity index (χ0) is 37.7. The van der Waals surface area contributed by atoms with Crippen LogP contribution in [-0.4, -0.2) is 74.0 Å². The number of benzene rings is 3. The van der Waals surface area contributed by atoms with Crippen LogP contribution in [0.15, 0.2) is 90.0 Å². The van der Waals surface area contributed by atoms with Crippen molar-refractivity contribution < 1.29 is 43.1 Å². The molecule has 5 atom stereocenters. The number of fused-ring (bicyclic) bond motifs is 1. The van der Waals surface area contributed by atoms with Gasteiger partial charge >= 0.3 is 8.60 Å². The quantitative estimate of drug-likeness (QED) is 0.0361. The van der Waals surface area contributed by atoms with Gasteiger partial charge in [0.25, 0.3) is 5.56 Å². The Balaban J connectivity index is 1.50. The van der Waals surface area contributed by atoms with Crippen LogP contribution in [-0.2, 0) is 29.0 Å². The monoisotopic (exact) mass is 767 g/mol.